The molecule has 11 heteroatoms. The monoisotopic (exact) mass is 517 g/mol. The fourth-order valence-corrected chi connectivity index (χ4v) is 4.07. The van der Waals surface area contributed by atoms with E-state index >= 15 is 0 Å². The van der Waals surface area contributed by atoms with Gasteiger partial charge < -0.3 is 24.3 Å². The van der Waals surface area contributed by atoms with E-state index in [9.17, 15) is 13.6 Å². The minimum absolute atomic E-state index is 0.0883. The SMILES string of the molecule is O=C(O[C@@H](Cc1c(Cl)c[nH+]cc1Cl)c1ccc(OC(F)F)c(OCC2CC2)c1)[C@@H]1CNCCO1. The maximum Gasteiger partial charge on any atom is 0.387 e. The fourth-order valence-electron chi connectivity index (χ4n) is 3.54. The molecule has 1 saturated carbocycles. The van der Waals surface area contributed by atoms with Gasteiger partial charge in [-0.3, -0.25) is 0 Å². The zero-order valence-corrected chi connectivity index (χ0v) is 19.7. The zero-order valence-electron chi connectivity index (χ0n) is 18.2. The molecule has 2 N–H and O–H groups in total. The molecule has 1 aromatic heterocycles. The van der Waals surface area contributed by atoms with E-state index in [0.717, 1.165) is 12.8 Å². The first-order chi connectivity index (χ1) is 16.4. The quantitative estimate of drug-likeness (QED) is 0.479. The first-order valence-electron chi connectivity index (χ1n) is 11.0. The average Bonchev–Trinajstić information content (AvgIpc) is 3.65. The van der Waals surface area contributed by atoms with Crippen molar-refractivity contribution in [2.45, 2.75) is 38.1 Å². The number of nitrogens with one attached hydrogen (secondary N) is 2. The number of carbonyl (C=O) groups excluding carboxylic acids is 1. The van der Waals surface area contributed by atoms with Crippen LogP contribution in [-0.4, -0.2) is 45.0 Å². The van der Waals surface area contributed by atoms with Crippen molar-refractivity contribution in [3.8, 4) is 11.5 Å². The first kappa shape index (κ1) is 24.9. The van der Waals surface area contributed by atoms with Gasteiger partial charge in [-0.2, -0.15) is 8.78 Å². The van der Waals surface area contributed by atoms with E-state index in [1.165, 1.54) is 6.07 Å². The van der Waals surface area contributed by atoms with Crippen molar-refractivity contribution in [2.24, 2.45) is 5.92 Å². The van der Waals surface area contributed by atoms with Gasteiger partial charge in [0.25, 0.3) is 0 Å². The summed E-state index contributed by atoms with van der Waals surface area (Å²) in [5.41, 5.74) is 1.08. The van der Waals surface area contributed by atoms with Crippen molar-refractivity contribution >= 4 is 29.2 Å². The molecule has 2 fully saturated rings. The number of ether oxygens (including phenoxy) is 4. The standard InChI is InChI=1S/C23H24Cl2F2N2O5/c24-16-9-29-10-17(25)15(16)8-19(33-22(30)21-11-28-5-6-31-21)14-3-4-18(34-23(26)27)20(7-14)32-12-13-1-2-13/h3-4,7,9-10,13,19,21,23,28H,1-2,5-6,8,11-12H2/p+1/t19-,21-/m0/s1. The Morgan fingerprint density at radius 1 is 1.21 bits per heavy atom. The highest BCUT2D eigenvalue weighted by molar-refractivity contribution is 6.35. The van der Waals surface area contributed by atoms with E-state index in [1.807, 2.05) is 0 Å². The second-order valence-electron chi connectivity index (χ2n) is 8.16. The third-order valence-electron chi connectivity index (χ3n) is 5.56. The second kappa shape index (κ2) is 11.5. The van der Waals surface area contributed by atoms with E-state index in [1.54, 1.807) is 24.5 Å². The van der Waals surface area contributed by atoms with Gasteiger partial charge in [-0.25, -0.2) is 9.78 Å². The molecule has 2 aliphatic rings. The number of rotatable bonds is 10. The van der Waals surface area contributed by atoms with E-state index in [-0.39, 0.29) is 17.9 Å². The largest absolute Gasteiger partial charge is 0.489 e. The molecule has 1 saturated heterocycles. The summed E-state index contributed by atoms with van der Waals surface area (Å²) >= 11 is 12.7. The first-order valence-corrected chi connectivity index (χ1v) is 11.7. The molecule has 2 aromatic rings. The van der Waals surface area contributed by atoms with Crippen molar-refractivity contribution < 1.29 is 37.5 Å². The third-order valence-corrected chi connectivity index (χ3v) is 6.24. The fraction of sp³-hybridized carbons (Fsp3) is 0.478. The van der Waals surface area contributed by atoms with Crippen LogP contribution in [0.2, 0.25) is 10.0 Å². The molecule has 1 aliphatic carbocycles. The average molecular weight is 518 g/mol. The van der Waals surface area contributed by atoms with Crippen LogP contribution >= 0.6 is 23.2 Å². The van der Waals surface area contributed by atoms with Gasteiger partial charge in [0.15, 0.2) is 30.0 Å². The van der Waals surface area contributed by atoms with Crippen LogP contribution in [-0.2, 0) is 20.7 Å². The summed E-state index contributed by atoms with van der Waals surface area (Å²) in [4.78, 5) is 15.7. The van der Waals surface area contributed by atoms with Gasteiger partial charge in [0.05, 0.1) is 13.2 Å². The van der Waals surface area contributed by atoms with Crippen LogP contribution in [0.25, 0.3) is 0 Å². The minimum Gasteiger partial charge on any atom is -0.489 e. The molecule has 1 aliphatic heterocycles. The highest BCUT2D eigenvalue weighted by atomic mass is 35.5. The molecule has 2 atom stereocenters. The molecule has 34 heavy (non-hydrogen) atoms. The summed E-state index contributed by atoms with van der Waals surface area (Å²) in [6, 6.07) is 4.48. The summed E-state index contributed by atoms with van der Waals surface area (Å²) in [5.74, 6) is -0.0966. The normalized spacial score (nSPS) is 19.0. The summed E-state index contributed by atoms with van der Waals surface area (Å²) < 4.78 is 47.6. The van der Waals surface area contributed by atoms with Crippen molar-refractivity contribution in [1.29, 1.82) is 0 Å². The van der Waals surface area contributed by atoms with Gasteiger partial charge in [0.1, 0.15) is 16.1 Å². The van der Waals surface area contributed by atoms with Crippen molar-refractivity contribution in [3.05, 3.63) is 51.8 Å². The molecule has 0 bridgehead atoms. The van der Waals surface area contributed by atoms with E-state index in [2.05, 4.69) is 15.0 Å². The number of aromatic amines is 1. The summed E-state index contributed by atoms with van der Waals surface area (Å²) in [5, 5.41) is 3.82. The van der Waals surface area contributed by atoms with Gasteiger partial charge in [-0.15, -0.1) is 0 Å². The van der Waals surface area contributed by atoms with Gasteiger partial charge in [-0.05, 0) is 36.5 Å². The van der Waals surface area contributed by atoms with Crippen molar-refractivity contribution in [2.75, 3.05) is 26.3 Å². The minimum atomic E-state index is -3.00. The predicted molar refractivity (Wildman–Crippen MR) is 119 cm³/mol. The van der Waals surface area contributed by atoms with E-state index in [0.29, 0.717) is 53.4 Å². The Labute approximate surface area is 205 Å². The van der Waals surface area contributed by atoms with E-state index in [4.69, 9.17) is 37.4 Å². The van der Waals surface area contributed by atoms with Gasteiger partial charge >= 0.3 is 12.6 Å². The lowest BCUT2D eigenvalue weighted by molar-refractivity contribution is -0.377. The Kier molecular flexibility index (Phi) is 8.41. The van der Waals surface area contributed by atoms with Gasteiger partial charge in [-0.1, -0.05) is 29.3 Å². The smallest absolute Gasteiger partial charge is 0.387 e. The summed E-state index contributed by atoms with van der Waals surface area (Å²) in [6.07, 6.45) is 3.75. The Morgan fingerprint density at radius 2 is 1.97 bits per heavy atom. The molecule has 2 heterocycles. The summed E-state index contributed by atoms with van der Waals surface area (Å²) in [7, 11) is 0. The maximum atomic E-state index is 12.9. The Morgan fingerprint density at radius 3 is 2.62 bits per heavy atom. The molecular weight excluding hydrogens is 493 g/mol. The number of alkyl halides is 2. The Balaban J connectivity index is 1.63. The third kappa shape index (κ3) is 6.69. The number of aromatic nitrogens is 1. The second-order valence-corrected chi connectivity index (χ2v) is 8.98. The lowest BCUT2D eigenvalue weighted by atomic mass is 10.0. The number of hydrogen-bond donors (Lipinski definition) is 1. The number of benzene rings is 1. The van der Waals surface area contributed by atoms with Crippen molar-refractivity contribution in [1.82, 2.24) is 5.32 Å². The number of esters is 1. The molecular formula is C23H25Cl2F2N2O5+. The van der Waals surface area contributed by atoms with Gasteiger partial charge in [0, 0.05) is 25.1 Å². The zero-order chi connectivity index (χ0) is 24.1. The molecule has 7 nitrogen and oxygen atoms in total. The lowest BCUT2D eigenvalue weighted by Crippen LogP contribution is -2.44. The molecule has 0 amide bonds. The summed E-state index contributed by atoms with van der Waals surface area (Å²) in [6.45, 7) is -1.26. The van der Waals surface area contributed by atoms with Gasteiger partial charge in [0.2, 0.25) is 0 Å². The number of hydrogen-bond acceptors (Lipinski definition) is 6. The molecule has 0 spiro atoms. The predicted octanol–water partition coefficient (Wildman–Crippen LogP) is 4.01. The van der Waals surface area contributed by atoms with Crippen LogP contribution in [0, 0.1) is 5.92 Å². The molecule has 1 aromatic carbocycles. The number of pyridine rings is 1. The number of carbonyl (C=O) groups is 1. The van der Waals surface area contributed by atoms with E-state index < -0.39 is 24.8 Å². The molecule has 184 valence electrons. The highest BCUT2D eigenvalue weighted by Gasteiger charge is 2.29. The van der Waals surface area contributed by atoms with Crippen LogP contribution < -0.4 is 19.8 Å². The lowest BCUT2D eigenvalue weighted by Gasteiger charge is -2.26. The molecule has 4 rings (SSSR count). The van der Waals surface area contributed by atoms with Crippen LogP contribution in [0.15, 0.2) is 30.6 Å². The van der Waals surface area contributed by atoms with Crippen LogP contribution in [0.1, 0.15) is 30.1 Å². The topological polar surface area (TPSA) is 80.2 Å². The number of H-pyrrole nitrogens is 1. The molecule has 0 unspecified atom stereocenters. The maximum absolute atomic E-state index is 12.9. The number of halogens is 4. The number of morpholine rings is 1. The van der Waals surface area contributed by atoms with Crippen LogP contribution in [0.5, 0.6) is 11.5 Å². The molecule has 0 radical (unpaired) electrons. The Bertz CT molecular complexity index is 983. The Hall–Kier alpha value is -2.20. The highest BCUT2D eigenvalue weighted by Crippen LogP contribution is 2.37. The van der Waals surface area contributed by atoms with Crippen LogP contribution in [0.4, 0.5) is 8.78 Å². The van der Waals surface area contributed by atoms with Crippen molar-refractivity contribution in [3.63, 3.8) is 0 Å². The van der Waals surface area contributed by atoms with Crippen LogP contribution in [0.3, 0.4) is 0 Å².